The van der Waals surface area contributed by atoms with E-state index in [1.807, 2.05) is 37.4 Å². The molecule has 2 aliphatic rings. The van der Waals surface area contributed by atoms with E-state index in [9.17, 15) is 9.59 Å². The van der Waals surface area contributed by atoms with Gasteiger partial charge in [0.1, 0.15) is 5.69 Å². The van der Waals surface area contributed by atoms with Crippen LogP contribution in [-0.4, -0.2) is 35.3 Å². The van der Waals surface area contributed by atoms with Crippen LogP contribution in [0, 0.1) is 5.41 Å². The van der Waals surface area contributed by atoms with E-state index in [1.54, 1.807) is 11.1 Å². The number of benzene rings is 1. The van der Waals surface area contributed by atoms with Gasteiger partial charge < -0.3 is 10.2 Å². The van der Waals surface area contributed by atoms with Crippen LogP contribution in [-0.2, 0) is 4.79 Å². The lowest BCUT2D eigenvalue weighted by molar-refractivity contribution is -0.131. The molecule has 1 aliphatic heterocycles. The molecule has 2 amide bonds. The summed E-state index contributed by atoms with van der Waals surface area (Å²) in [4.78, 5) is 30.8. The number of likely N-dealkylation sites (tertiary alicyclic amines) is 1. The number of pyridine rings is 1. The first kappa shape index (κ1) is 15.8. The first-order valence-corrected chi connectivity index (χ1v) is 8.70. The summed E-state index contributed by atoms with van der Waals surface area (Å²) in [5, 5.41) is 4.94. The van der Waals surface area contributed by atoms with E-state index in [-0.39, 0.29) is 17.2 Å². The highest BCUT2D eigenvalue weighted by Gasteiger charge is 2.44. The van der Waals surface area contributed by atoms with E-state index in [0.717, 1.165) is 35.7 Å². The molecule has 1 N–H and O–H groups in total. The number of carbonyl (C=O) groups excluding carboxylic acids is 2. The lowest BCUT2D eigenvalue weighted by Gasteiger charge is -2.41. The van der Waals surface area contributed by atoms with Gasteiger partial charge in [0.2, 0.25) is 5.91 Å². The molecule has 1 atom stereocenters. The molecule has 1 unspecified atom stereocenters. The highest BCUT2D eigenvalue weighted by molar-refractivity contribution is 6.05. The quantitative estimate of drug-likeness (QED) is 0.938. The van der Waals surface area contributed by atoms with Crippen molar-refractivity contribution >= 4 is 22.6 Å². The number of piperidine rings is 1. The molecule has 25 heavy (non-hydrogen) atoms. The number of allylic oxidation sites excluding steroid dienone is 1. The van der Waals surface area contributed by atoms with E-state index >= 15 is 0 Å². The number of hydrogen-bond acceptors (Lipinski definition) is 3. The normalized spacial score (nSPS) is 22.7. The second kappa shape index (κ2) is 5.99. The van der Waals surface area contributed by atoms with Crippen LogP contribution in [0.15, 0.2) is 48.3 Å². The van der Waals surface area contributed by atoms with Crippen molar-refractivity contribution in [2.45, 2.75) is 25.7 Å². The first-order chi connectivity index (χ1) is 12.1. The van der Waals surface area contributed by atoms with Crippen LogP contribution in [0.2, 0.25) is 0 Å². The van der Waals surface area contributed by atoms with Crippen LogP contribution in [0.1, 0.15) is 36.2 Å². The summed E-state index contributed by atoms with van der Waals surface area (Å²) in [5.41, 5.74) is 1.40. The Morgan fingerprint density at radius 3 is 3.00 bits per heavy atom. The molecule has 5 heteroatoms. The lowest BCUT2D eigenvalue weighted by Crippen LogP contribution is -2.46. The zero-order valence-electron chi connectivity index (χ0n) is 14.3. The number of nitrogens with zero attached hydrogens (tertiary/aromatic N) is 2. The van der Waals surface area contributed by atoms with Crippen LogP contribution < -0.4 is 5.32 Å². The van der Waals surface area contributed by atoms with Gasteiger partial charge in [0, 0.05) is 42.7 Å². The predicted molar refractivity (Wildman–Crippen MR) is 95.8 cm³/mol. The van der Waals surface area contributed by atoms with Gasteiger partial charge in [0.05, 0.1) is 0 Å². The van der Waals surface area contributed by atoms with Gasteiger partial charge in [0.25, 0.3) is 5.91 Å². The molecule has 0 saturated carbocycles. The van der Waals surface area contributed by atoms with Crippen LogP contribution in [0.25, 0.3) is 10.8 Å². The minimum absolute atomic E-state index is 0.122. The number of nitrogens with one attached hydrogen (secondary N) is 1. The van der Waals surface area contributed by atoms with E-state index in [4.69, 9.17) is 0 Å². The monoisotopic (exact) mass is 335 g/mol. The Morgan fingerprint density at radius 1 is 1.28 bits per heavy atom. The van der Waals surface area contributed by atoms with Crippen LogP contribution in [0.3, 0.4) is 0 Å². The van der Waals surface area contributed by atoms with Gasteiger partial charge in [-0.2, -0.15) is 0 Å². The average molecular weight is 335 g/mol. The molecule has 1 aromatic heterocycles. The van der Waals surface area contributed by atoms with E-state index in [0.29, 0.717) is 18.7 Å². The lowest BCUT2D eigenvalue weighted by atomic mass is 9.77. The van der Waals surface area contributed by atoms with E-state index < -0.39 is 0 Å². The fourth-order valence-corrected chi connectivity index (χ4v) is 4.12. The van der Waals surface area contributed by atoms with Crippen molar-refractivity contribution in [3.8, 4) is 0 Å². The Bertz CT molecular complexity index is 884. The third-order valence-electron chi connectivity index (χ3n) is 5.53. The minimum atomic E-state index is -0.156. The number of amides is 2. The second-order valence-corrected chi connectivity index (χ2v) is 6.92. The van der Waals surface area contributed by atoms with Crippen LogP contribution in [0.4, 0.5) is 0 Å². The summed E-state index contributed by atoms with van der Waals surface area (Å²) in [6, 6.07) is 9.67. The summed E-state index contributed by atoms with van der Waals surface area (Å²) >= 11 is 0. The van der Waals surface area contributed by atoms with Crippen LogP contribution in [0.5, 0.6) is 0 Å². The summed E-state index contributed by atoms with van der Waals surface area (Å²) in [5.74, 6) is 0.00259. The molecule has 0 spiro atoms. The molecular weight excluding hydrogens is 314 g/mol. The maximum Gasteiger partial charge on any atom is 0.270 e. The third kappa shape index (κ3) is 2.60. The maximum atomic E-state index is 12.8. The van der Waals surface area contributed by atoms with Gasteiger partial charge in [0.15, 0.2) is 0 Å². The summed E-state index contributed by atoms with van der Waals surface area (Å²) in [6.45, 7) is 0.542. The van der Waals surface area contributed by atoms with Gasteiger partial charge in [-0.25, -0.2) is 0 Å². The molecule has 2 heterocycles. The summed E-state index contributed by atoms with van der Waals surface area (Å²) in [7, 11) is 1.83. The van der Waals surface area contributed by atoms with Crippen molar-refractivity contribution in [3.63, 3.8) is 0 Å². The van der Waals surface area contributed by atoms with Gasteiger partial charge in [-0.15, -0.1) is 0 Å². The van der Waals surface area contributed by atoms with E-state index in [2.05, 4.69) is 16.4 Å². The van der Waals surface area contributed by atoms with Crippen molar-refractivity contribution in [1.82, 2.24) is 15.2 Å². The van der Waals surface area contributed by atoms with Crippen LogP contribution >= 0.6 is 0 Å². The summed E-state index contributed by atoms with van der Waals surface area (Å²) in [6.07, 6.45) is 7.07. The Kier molecular flexibility index (Phi) is 3.79. The highest BCUT2D eigenvalue weighted by atomic mass is 16.2. The van der Waals surface area contributed by atoms with Gasteiger partial charge in [-0.05, 0) is 30.7 Å². The molecule has 4 rings (SSSR count). The molecule has 2 aromatic rings. The number of aromatic nitrogens is 1. The average Bonchev–Trinajstić information content (AvgIpc) is 3.07. The fraction of sp³-hybridized carbons (Fsp3) is 0.350. The Morgan fingerprint density at radius 2 is 2.12 bits per heavy atom. The van der Waals surface area contributed by atoms with Crippen molar-refractivity contribution in [2.24, 2.45) is 5.41 Å². The molecule has 1 aromatic carbocycles. The smallest absolute Gasteiger partial charge is 0.270 e. The number of carbonyl (C=O) groups is 2. The van der Waals surface area contributed by atoms with Gasteiger partial charge in [-0.3, -0.25) is 14.6 Å². The summed E-state index contributed by atoms with van der Waals surface area (Å²) < 4.78 is 0. The maximum absolute atomic E-state index is 12.8. The Balaban J connectivity index is 1.56. The fourth-order valence-electron chi connectivity index (χ4n) is 4.12. The molecule has 0 radical (unpaired) electrons. The molecule has 0 bridgehead atoms. The molecular formula is C20H21N3O2. The number of hydrogen-bond donors (Lipinski definition) is 1. The van der Waals surface area contributed by atoms with Gasteiger partial charge >= 0.3 is 0 Å². The first-order valence-electron chi connectivity index (χ1n) is 8.70. The molecule has 128 valence electrons. The number of fused-ring (bicyclic) bond motifs is 2. The molecule has 1 saturated heterocycles. The van der Waals surface area contributed by atoms with Crippen molar-refractivity contribution < 1.29 is 9.59 Å². The zero-order valence-corrected chi connectivity index (χ0v) is 14.3. The van der Waals surface area contributed by atoms with Gasteiger partial charge in [-0.1, -0.05) is 30.3 Å². The second-order valence-electron chi connectivity index (χ2n) is 6.92. The standard InChI is InChI=1S/C20H21N3O2/c1-23-16-7-4-10-20(16,11-8-17(23)24)13-22-19(25)18-15-6-3-2-5-14(15)9-12-21-18/h2-3,5-7,9,12H,4,8,10-11,13H2,1H3,(H,22,25). The Hall–Kier alpha value is -2.69. The largest absolute Gasteiger partial charge is 0.350 e. The molecule has 1 fully saturated rings. The topological polar surface area (TPSA) is 62.3 Å². The SMILES string of the molecule is CN1C(=O)CCC2(CNC(=O)c3nccc4ccccc34)CCC=C12. The van der Waals surface area contributed by atoms with Crippen molar-refractivity contribution in [3.05, 3.63) is 54.0 Å². The third-order valence-corrected chi connectivity index (χ3v) is 5.53. The molecule has 5 nitrogen and oxygen atoms in total. The van der Waals surface area contributed by atoms with Crippen molar-refractivity contribution in [1.29, 1.82) is 0 Å². The Labute approximate surface area is 146 Å². The highest BCUT2D eigenvalue weighted by Crippen LogP contribution is 2.46. The van der Waals surface area contributed by atoms with E-state index in [1.165, 1.54) is 0 Å². The zero-order chi connectivity index (χ0) is 17.4. The number of rotatable bonds is 3. The van der Waals surface area contributed by atoms with Crippen molar-refractivity contribution in [2.75, 3.05) is 13.6 Å². The minimum Gasteiger partial charge on any atom is -0.350 e. The molecule has 1 aliphatic carbocycles. The predicted octanol–water partition coefficient (Wildman–Crippen LogP) is 2.88.